The standard InChI is InChI=1S/C16H16BrClFN/c1-3-20-16(11-5-4-10(2)14(17)8-11)13-9-12(19)6-7-15(13)18/h4-9,16,20H,3H2,1-2H3. The zero-order valence-corrected chi connectivity index (χ0v) is 13.7. The third-order valence-corrected chi connectivity index (χ3v) is 4.41. The van der Waals surface area contributed by atoms with Crippen LogP contribution in [0.4, 0.5) is 4.39 Å². The summed E-state index contributed by atoms with van der Waals surface area (Å²) in [6.45, 7) is 4.82. The molecule has 1 nitrogen and oxygen atoms in total. The van der Waals surface area contributed by atoms with Crippen LogP contribution in [0.3, 0.4) is 0 Å². The first-order valence-electron chi connectivity index (χ1n) is 6.47. The van der Waals surface area contributed by atoms with Crippen molar-refractivity contribution in [2.45, 2.75) is 19.9 Å². The van der Waals surface area contributed by atoms with E-state index in [1.54, 1.807) is 6.07 Å². The Hall–Kier alpha value is -0.900. The number of benzene rings is 2. The molecule has 0 saturated carbocycles. The molecule has 0 radical (unpaired) electrons. The van der Waals surface area contributed by atoms with E-state index < -0.39 is 0 Å². The SMILES string of the molecule is CCNC(c1ccc(C)c(Br)c1)c1cc(F)ccc1Cl. The Kier molecular flexibility index (Phi) is 5.19. The molecule has 1 atom stereocenters. The van der Waals surface area contributed by atoms with Gasteiger partial charge in [-0.1, -0.05) is 46.6 Å². The predicted molar refractivity (Wildman–Crippen MR) is 85.8 cm³/mol. The third kappa shape index (κ3) is 3.40. The van der Waals surface area contributed by atoms with Crippen molar-refractivity contribution in [3.8, 4) is 0 Å². The van der Waals surface area contributed by atoms with E-state index in [2.05, 4.69) is 21.2 Å². The van der Waals surface area contributed by atoms with Crippen LogP contribution in [0.5, 0.6) is 0 Å². The highest BCUT2D eigenvalue weighted by Crippen LogP contribution is 2.31. The molecule has 0 aromatic heterocycles. The summed E-state index contributed by atoms with van der Waals surface area (Å²) >= 11 is 9.77. The monoisotopic (exact) mass is 355 g/mol. The fourth-order valence-electron chi connectivity index (χ4n) is 2.14. The maximum absolute atomic E-state index is 13.5. The van der Waals surface area contributed by atoms with E-state index >= 15 is 0 Å². The van der Waals surface area contributed by atoms with Crippen LogP contribution in [0.2, 0.25) is 5.02 Å². The van der Waals surface area contributed by atoms with Gasteiger partial charge in [0, 0.05) is 9.50 Å². The second-order valence-electron chi connectivity index (χ2n) is 4.67. The Morgan fingerprint density at radius 1 is 1.25 bits per heavy atom. The van der Waals surface area contributed by atoms with Crippen LogP contribution < -0.4 is 5.32 Å². The number of hydrogen-bond donors (Lipinski definition) is 1. The molecule has 0 aliphatic heterocycles. The molecule has 0 aliphatic rings. The minimum atomic E-state index is -0.279. The predicted octanol–water partition coefficient (Wildman–Crippen LogP) is 5.25. The van der Waals surface area contributed by atoms with Gasteiger partial charge in [-0.3, -0.25) is 0 Å². The summed E-state index contributed by atoms with van der Waals surface area (Å²) in [6, 6.07) is 10.5. The average molecular weight is 357 g/mol. The van der Waals surface area contributed by atoms with E-state index in [9.17, 15) is 4.39 Å². The first-order valence-corrected chi connectivity index (χ1v) is 7.64. The van der Waals surface area contributed by atoms with Crippen molar-refractivity contribution in [3.63, 3.8) is 0 Å². The van der Waals surface area contributed by atoms with Gasteiger partial charge >= 0.3 is 0 Å². The van der Waals surface area contributed by atoms with Crippen LogP contribution in [-0.4, -0.2) is 6.54 Å². The molecule has 106 valence electrons. The molecule has 0 saturated heterocycles. The van der Waals surface area contributed by atoms with Crippen molar-refractivity contribution in [1.82, 2.24) is 5.32 Å². The normalized spacial score (nSPS) is 12.4. The van der Waals surface area contributed by atoms with Crippen molar-refractivity contribution in [2.75, 3.05) is 6.54 Å². The number of halogens is 3. The quantitative estimate of drug-likeness (QED) is 0.789. The fraction of sp³-hybridized carbons (Fsp3) is 0.250. The van der Waals surface area contributed by atoms with E-state index in [4.69, 9.17) is 11.6 Å². The number of hydrogen-bond acceptors (Lipinski definition) is 1. The van der Waals surface area contributed by atoms with Crippen molar-refractivity contribution in [3.05, 3.63) is 68.4 Å². The highest BCUT2D eigenvalue weighted by molar-refractivity contribution is 9.10. The van der Waals surface area contributed by atoms with Gasteiger partial charge in [-0.15, -0.1) is 0 Å². The maximum atomic E-state index is 13.5. The first kappa shape index (κ1) is 15.5. The molecule has 2 aromatic carbocycles. The summed E-state index contributed by atoms with van der Waals surface area (Å²) in [5, 5.41) is 3.92. The third-order valence-electron chi connectivity index (χ3n) is 3.21. The average Bonchev–Trinajstić information content (AvgIpc) is 2.42. The van der Waals surface area contributed by atoms with Gasteiger partial charge in [-0.2, -0.15) is 0 Å². The highest BCUT2D eigenvalue weighted by atomic mass is 79.9. The van der Waals surface area contributed by atoms with Gasteiger partial charge in [0.05, 0.1) is 6.04 Å². The summed E-state index contributed by atoms with van der Waals surface area (Å²) in [5.74, 6) is -0.279. The Labute approximate surface area is 132 Å². The van der Waals surface area contributed by atoms with Crippen LogP contribution in [0.25, 0.3) is 0 Å². The van der Waals surface area contributed by atoms with Gasteiger partial charge < -0.3 is 5.32 Å². The summed E-state index contributed by atoms with van der Waals surface area (Å²) < 4.78 is 14.5. The molecule has 2 rings (SSSR count). The lowest BCUT2D eigenvalue weighted by Gasteiger charge is -2.21. The molecule has 2 aromatic rings. The first-order chi connectivity index (χ1) is 9.52. The molecule has 1 unspecified atom stereocenters. The van der Waals surface area contributed by atoms with Crippen LogP contribution in [0.1, 0.15) is 29.7 Å². The molecule has 0 bridgehead atoms. The molecule has 0 spiro atoms. The molecule has 0 aliphatic carbocycles. The lowest BCUT2D eigenvalue weighted by atomic mass is 9.97. The van der Waals surface area contributed by atoms with Gasteiger partial charge in [-0.25, -0.2) is 4.39 Å². The van der Waals surface area contributed by atoms with E-state index in [1.807, 2.05) is 32.0 Å². The van der Waals surface area contributed by atoms with Crippen LogP contribution in [-0.2, 0) is 0 Å². The minimum absolute atomic E-state index is 0.125. The number of rotatable bonds is 4. The molecule has 1 N–H and O–H groups in total. The molecular weight excluding hydrogens is 341 g/mol. The zero-order valence-electron chi connectivity index (χ0n) is 11.4. The molecule has 0 heterocycles. The lowest BCUT2D eigenvalue weighted by Crippen LogP contribution is -2.22. The van der Waals surface area contributed by atoms with Gasteiger partial charge in [0.15, 0.2) is 0 Å². The van der Waals surface area contributed by atoms with Gasteiger partial charge in [0.25, 0.3) is 0 Å². The zero-order chi connectivity index (χ0) is 14.7. The molecule has 20 heavy (non-hydrogen) atoms. The Balaban J connectivity index is 2.49. The van der Waals surface area contributed by atoms with Gasteiger partial charge in [-0.05, 0) is 54.4 Å². The minimum Gasteiger partial charge on any atom is -0.306 e. The number of aryl methyl sites for hydroxylation is 1. The highest BCUT2D eigenvalue weighted by Gasteiger charge is 2.17. The van der Waals surface area contributed by atoms with Crippen molar-refractivity contribution in [2.24, 2.45) is 0 Å². The van der Waals surface area contributed by atoms with Gasteiger partial charge in [0.1, 0.15) is 5.82 Å². The largest absolute Gasteiger partial charge is 0.306 e. The van der Waals surface area contributed by atoms with Crippen molar-refractivity contribution in [1.29, 1.82) is 0 Å². The fourth-order valence-corrected chi connectivity index (χ4v) is 2.76. The van der Waals surface area contributed by atoms with E-state index in [-0.39, 0.29) is 11.9 Å². The summed E-state index contributed by atoms with van der Waals surface area (Å²) in [4.78, 5) is 0. The van der Waals surface area contributed by atoms with Crippen molar-refractivity contribution < 1.29 is 4.39 Å². The Bertz CT molecular complexity index is 615. The second-order valence-corrected chi connectivity index (χ2v) is 5.93. The van der Waals surface area contributed by atoms with E-state index in [1.165, 1.54) is 12.1 Å². The van der Waals surface area contributed by atoms with Crippen LogP contribution >= 0.6 is 27.5 Å². The van der Waals surface area contributed by atoms with E-state index in [0.717, 1.165) is 27.7 Å². The smallest absolute Gasteiger partial charge is 0.123 e. The van der Waals surface area contributed by atoms with E-state index in [0.29, 0.717) is 5.02 Å². The number of nitrogens with one attached hydrogen (secondary N) is 1. The molecule has 0 fully saturated rings. The maximum Gasteiger partial charge on any atom is 0.123 e. The second kappa shape index (κ2) is 6.70. The van der Waals surface area contributed by atoms with Gasteiger partial charge in [0.2, 0.25) is 0 Å². The summed E-state index contributed by atoms with van der Waals surface area (Å²) in [5.41, 5.74) is 2.97. The Morgan fingerprint density at radius 2 is 2.00 bits per heavy atom. The topological polar surface area (TPSA) is 12.0 Å². The van der Waals surface area contributed by atoms with Crippen molar-refractivity contribution >= 4 is 27.5 Å². The molecule has 0 amide bonds. The van der Waals surface area contributed by atoms with Crippen LogP contribution in [0, 0.1) is 12.7 Å². The summed E-state index contributed by atoms with van der Waals surface area (Å²) in [7, 11) is 0. The Morgan fingerprint density at radius 3 is 2.65 bits per heavy atom. The van der Waals surface area contributed by atoms with Crippen LogP contribution in [0.15, 0.2) is 40.9 Å². The molecule has 4 heteroatoms. The summed E-state index contributed by atoms with van der Waals surface area (Å²) in [6.07, 6.45) is 0. The lowest BCUT2D eigenvalue weighted by molar-refractivity contribution is 0.603. The molecular formula is C16H16BrClFN.